The van der Waals surface area contributed by atoms with Gasteiger partial charge in [0.1, 0.15) is 5.60 Å². The van der Waals surface area contributed by atoms with Crippen molar-refractivity contribution in [2.24, 2.45) is 0 Å². The van der Waals surface area contributed by atoms with Gasteiger partial charge in [0.25, 0.3) is 0 Å². The van der Waals surface area contributed by atoms with Gasteiger partial charge in [-0.05, 0) is 26.8 Å². The van der Waals surface area contributed by atoms with Gasteiger partial charge in [-0.1, -0.05) is 18.2 Å². The molecule has 0 unspecified atom stereocenters. The quantitative estimate of drug-likeness (QED) is 0.757. The van der Waals surface area contributed by atoms with E-state index in [1.807, 2.05) is 45.0 Å². The minimum Gasteiger partial charge on any atom is -0.442 e. The molecular formula is C15H21N3O3. The Morgan fingerprint density at radius 2 is 1.86 bits per heavy atom. The van der Waals surface area contributed by atoms with Crippen molar-refractivity contribution in [3.63, 3.8) is 0 Å². The van der Waals surface area contributed by atoms with E-state index in [-0.39, 0.29) is 0 Å². The van der Waals surface area contributed by atoms with Crippen LogP contribution in [0.4, 0.5) is 4.79 Å². The molecule has 0 N–H and O–H groups in total. The molecule has 2 aromatic rings. The lowest BCUT2D eigenvalue weighted by Crippen LogP contribution is -2.27. The van der Waals surface area contributed by atoms with E-state index < -0.39 is 11.7 Å². The largest absolute Gasteiger partial charge is 0.442 e. The first-order valence-electron chi connectivity index (χ1n) is 6.52. The molecule has 114 valence electrons. The van der Waals surface area contributed by atoms with Crippen molar-refractivity contribution in [1.29, 1.82) is 0 Å². The molecule has 0 spiro atoms. The summed E-state index contributed by atoms with van der Waals surface area (Å²) in [5.74, 6) is 0. The van der Waals surface area contributed by atoms with Gasteiger partial charge in [-0.25, -0.2) is 4.79 Å². The Bertz CT molecular complexity index is 612. The fourth-order valence-corrected chi connectivity index (χ4v) is 1.42. The minimum atomic E-state index is -0.510. The molecule has 0 radical (unpaired) electrons. The number of rotatable bonds is 1. The molecule has 0 fully saturated rings. The third kappa shape index (κ3) is 5.25. The van der Waals surface area contributed by atoms with E-state index in [2.05, 4.69) is 5.10 Å². The van der Waals surface area contributed by atoms with Crippen LogP contribution in [0.1, 0.15) is 20.8 Å². The Kier molecular flexibility index (Phi) is 5.46. The summed E-state index contributed by atoms with van der Waals surface area (Å²) < 4.78 is 6.53. The van der Waals surface area contributed by atoms with E-state index >= 15 is 0 Å². The van der Waals surface area contributed by atoms with Crippen LogP contribution in [0.3, 0.4) is 0 Å². The van der Waals surface area contributed by atoms with E-state index in [4.69, 9.17) is 4.74 Å². The number of carbonyl (C=O) groups is 2. The molecule has 0 saturated heterocycles. The number of ether oxygens (including phenoxy) is 1. The molecule has 21 heavy (non-hydrogen) atoms. The maximum atomic E-state index is 11.8. The number of nitrogens with zero attached hydrogens (tertiary/aromatic N) is 3. The molecule has 6 heteroatoms. The van der Waals surface area contributed by atoms with E-state index in [1.54, 1.807) is 20.3 Å². The zero-order valence-corrected chi connectivity index (χ0v) is 13.0. The molecule has 0 bridgehead atoms. The molecule has 1 amide bonds. The molecular weight excluding hydrogens is 270 g/mol. The zero-order valence-electron chi connectivity index (χ0n) is 13.0. The second kappa shape index (κ2) is 6.88. The molecule has 0 saturated carbocycles. The van der Waals surface area contributed by atoms with Crippen molar-refractivity contribution in [1.82, 2.24) is 14.7 Å². The van der Waals surface area contributed by atoms with E-state index in [0.29, 0.717) is 0 Å². The fourth-order valence-electron chi connectivity index (χ4n) is 1.42. The monoisotopic (exact) mass is 291 g/mol. The number of para-hydroxylation sites is 1. The lowest BCUT2D eigenvalue weighted by Gasteiger charge is -2.19. The second-order valence-corrected chi connectivity index (χ2v) is 5.66. The molecule has 1 aromatic carbocycles. The average Bonchev–Trinajstić information content (AvgIpc) is 2.81. The number of amides is 1. The SMILES string of the molecule is CC(C)(C)OC(=O)n1ncc2ccccc21.CN(C)C=O. The van der Waals surface area contributed by atoms with Crippen LogP contribution in [0.15, 0.2) is 30.5 Å². The topological polar surface area (TPSA) is 64.4 Å². The highest BCUT2D eigenvalue weighted by Gasteiger charge is 2.19. The third-order valence-electron chi connectivity index (χ3n) is 2.25. The van der Waals surface area contributed by atoms with Gasteiger partial charge in [0.15, 0.2) is 0 Å². The summed E-state index contributed by atoms with van der Waals surface area (Å²) in [4.78, 5) is 22.7. The van der Waals surface area contributed by atoms with Gasteiger partial charge in [0.2, 0.25) is 6.41 Å². The van der Waals surface area contributed by atoms with Gasteiger partial charge in [-0.15, -0.1) is 0 Å². The summed E-state index contributed by atoms with van der Waals surface area (Å²) in [6.07, 6.45) is 1.95. The van der Waals surface area contributed by atoms with Gasteiger partial charge >= 0.3 is 6.09 Å². The maximum Gasteiger partial charge on any atom is 0.435 e. The predicted octanol–water partition coefficient (Wildman–Crippen LogP) is 2.52. The molecule has 0 aliphatic rings. The second-order valence-electron chi connectivity index (χ2n) is 5.66. The molecule has 1 aromatic heterocycles. The van der Waals surface area contributed by atoms with Crippen molar-refractivity contribution in [3.8, 4) is 0 Å². The van der Waals surface area contributed by atoms with Crippen LogP contribution >= 0.6 is 0 Å². The van der Waals surface area contributed by atoms with E-state index in [1.165, 1.54) is 9.58 Å². The molecule has 0 aliphatic heterocycles. The highest BCUT2D eigenvalue weighted by molar-refractivity contribution is 5.87. The van der Waals surface area contributed by atoms with Crippen molar-refractivity contribution in [2.45, 2.75) is 26.4 Å². The van der Waals surface area contributed by atoms with Crippen LogP contribution < -0.4 is 0 Å². The average molecular weight is 291 g/mol. The maximum absolute atomic E-state index is 11.8. The Balaban J connectivity index is 0.000000383. The number of aromatic nitrogens is 2. The number of fused-ring (bicyclic) bond motifs is 1. The molecule has 0 aliphatic carbocycles. The summed E-state index contributed by atoms with van der Waals surface area (Å²) >= 11 is 0. The Labute approximate surface area is 124 Å². The van der Waals surface area contributed by atoms with Crippen LogP contribution in [-0.4, -0.2) is 46.9 Å². The molecule has 0 atom stereocenters. The summed E-state index contributed by atoms with van der Waals surface area (Å²) in [7, 11) is 3.38. The van der Waals surface area contributed by atoms with Gasteiger partial charge in [-0.3, -0.25) is 4.79 Å². The fraction of sp³-hybridized carbons (Fsp3) is 0.400. The van der Waals surface area contributed by atoms with Gasteiger partial charge in [0.05, 0.1) is 11.7 Å². The van der Waals surface area contributed by atoms with Crippen LogP contribution in [0.5, 0.6) is 0 Å². The predicted molar refractivity (Wildman–Crippen MR) is 81.1 cm³/mol. The lowest BCUT2D eigenvalue weighted by atomic mass is 10.2. The van der Waals surface area contributed by atoms with Crippen LogP contribution in [0.2, 0.25) is 0 Å². The van der Waals surface area contributed by atoms with Crippen molar-refractivity contribution in [2.75, 3.05) is 14.1 Å². The first-order valence-corrected chi connectivity index (χ1v) is 6.52. The summed E-state index contributed by atoms with van der Waals surface area (Å²) in [6, 6.07) is 7.52. The number of carbonyl (C=O) groups excluding carboxylic acids is 2. The summed E-state index contributed by atoms with van der Waals surface area (Å²) in [6.45, 7) is 5.49. The normalized spacial score (nSPS) is 10.5. The van der Waals surface area contributed by atoms with Gasteiger partial charge in [-0.2, -0.15) is 9.78 Å². The third-order valence-corrected chi connectivity index (χ3v) is 2.25. The highest BCUT2D eigenvalue weighted by atomic mass is 16.6. The van der Waals surface area contributed by atoms with Gasteiger partial charge in [0, 0.05) is 19.5 Å². The first-order chi connectivity index (χ1) is 9.74. The number of hydrogen-bond donors (Lipinski definition) is 0. The highest BCUT2D eigenvalue weighted by Crippen LogP contribution is 2.15. The van der Waals surface area contributed by atoms with Gasteiger partial charge < -0.3 is 9.64 Å². The van der Waals surface area contributed by atoms with Crippen LogP contribution in [-0.2, 0) is 9.53 Å². The first kappa shape index (κ1) is 16.7. The Morgan fingerprint density at radius 1 is 1.29 bits per heavy atom. The Morgan fingerprint density at radius 3 is 2.38 bits per heavy atom. The standard InChI is InChI=1S/C12H14N2O2.C3H7NO/c1-12(2,3)16-11(15)14-10-7-5-4-6-9(10)8-13-14;1-4(2)3-5/h4-8H,1-3H3;3H,1-2H3. The number of hydrogen-bond acceptors (Lipinski definition) is 4. The van der Waals surface area contributed by atoms with E-state index in [0.717, 1.165) is 17.3 Å². The van der Waals surface area contributed by atoms with Crippen LogP contribution in [0, 0.1) is 0 Å². The minimum absolute atomic E-state index is 0.450. The van der Waals surface area contributed by atoms with Crippen molar-refractivity contribution in [3.05, 3.63) is 30.5 Å². The molecule has 2 rings (SSSR count). The Hall–Kier alpha value is -2.37. The smallest absolute Gasteiger partial charge is 0.435 e. The van der Waals surface area contributed by atoms with E-state index in [9.17, 15) is 9.59 Å². The summed E-state index contributed by atoms with van der Waals surface area (Å²) in [5, 5.41) is 4.95. The zero-order chi connectivity index (χ0) is 16.0. The molecule has 1 heterocycles. The van der Waals surface area contributed by atoms with Crippen LogP contribution in [0.25, 0.3) is 10.9 Å². The lowest BCUT2D eigenvalue weighted by molar-refractivity contribution is -0.115. The van der Waals surface area contributed by atoms with Crippen molar-refractivity contribution >= 4 is 23.4 Å². The number of benzene rings is 1. The molecule has 6 nitrogen and oxygen atoms in total. The van der Waals surface area contributed by atoms with Crippen molar-refractivity contribution < 1.29 is 14.3 Å². The summed E-state index contributed by atoms with van der Waals surface area (Å²) in [5.41, 5.74) is 0.251.